The number of ether oxygens (including phenoxy) is 2. The van der Waals surface area contributed by atoms with Crippen molar-refractivity contribution in [2.45, 2.75) is 13.5 Å². The average molecular weight is 439 g/mol. The van der Waals surface area contributed by atoms with E-state index in [2.05, 4.69) is 10.3 Å². The largest absolute Gasteiger partial charge is 0.485 e. The van der Waals surface area contributed by atoms with Crippen molar-refractivity contribution in [2.24, 2.45) is 0 Å². The van der Waals surface area contributed by atoms with Crippen LogP contribution < -0.4 is 20.3 Å². The van der Waals surface area contributed by atoms with Crippen molar-refractivity contribution in [3.8, 4) is 11.5 Å². The molecule has 1 N–H and O–H groups in total. The van der Waals surface area contributed by atoms with Gasteiger partial charge < -0.3 is 14.8 Å². The number of carbonyl (C=O) groups excluding carboxylic acids is 1. The van der Waals surface area contributed by atoms with Crippen molar-refractivity contribution < 1.29 is 18.7 Å². The zero-order valence-corrected chi connectivity index (χ0v) is 17.3. The molecule has 0 bridgehead atoms. The number of hydrogen-bond acceptors (Lipinski definition) is 6. The van der Waals surface area contributed by atoms with E-state index in [9.17, 15) is 14.0 Å². The van der Waals surface area contributed by atoms with Crippen molar-refractivity contribution >= 4 is 27.9 Å². The second-order valence-electron chi connectivity index (χ2n) is 6.66. The van der Waals surface area contributed by atoms with Crippen LogP contribution in [0.1, 0.15) is 11.4 Å². The number of nitrogens with one attached hydrogen (secondary N) is 1. The molecule has 158 valence electrons. The third kappa shape index (κ3) is 4.89. The van der Waals surface area contributed by atoms with Gasteiger partial charge in [0.05, 0.1) is 11.4 Å². The number of nitrogens with zero attached hydrogens (tertiary/aromatic N) is 2. The summed E-state index contributed by atoms with van der Waals surface area (Å²) in [5, 5.41) is 4.59. The van der Waals surface area contributed by atoms with E-state index in [1.54, 1.807) is 28.7 Å². The summed E-state index contributed by atoms with van der Waals surface area (Å²) in [4.78, 5) is 29.6. The Bertz CT molecular complexity index is 1280. The maximum atomic E-state index is 12.9. The molecule has 7 nitrogen and oxygen atoms in total. The van der Waals surface area contributed by atoms with Crippen LogP contribution in [0.25, 0.3) is 4.96 Å². The topological polar surface area (TPSA) is 81.9 Å². The Hall–Kier alpha value is -3.72. The highest BCUT2D eigenvalue weighted by Gasteiger charge is 2.11. The van der Waals surface area contributed by atoms with Gasteiger partial charge in [0.1, 0.15) is 23.9 Å². The van der Waals surface area contributed by atoms with Gasteiger partial charge in [0.25, 0.3) is 11.5 Å². The van der Waals surface area contributed by atoms with Gasteiger partial charge in [-0.1, -0.05) is 12.1 Å². The highest BCUT2D eigenvalue weighted by atomic mass is 32.1. The first kappa shape index (κ1) is 20.5. The lowest BCUT2D eigenvalue weighted by Crippen LogP contribution is -2.20. The zero-order valence-electron chi connectivity index (χ0n) is 16.5. The van der Waals surface area contributed by atoms with E-state index >= 15 is 0 Å². The summed E-state index contributed by atoms with van der Waals surface area (Å²) in [5.41, 5.74) is 1.62. The molecule has 0 radical (unpaired) electrons. The van der Waals surface area contributed by atoms with Gasteiger partial charge in [-0.05, 0) is 43.3 Å². The monoisotopic (exact) mass is 439 g/mol. The molecule has 1 amide bonds. The molecular weight excluding hydrogens is 421 g/mol. The Morgan fingerprint density at radius 1 is 1.16 bits per heavy atom. The standard InChI is InChI=1S/C22H18FN3O4S/c1-14-13-31-22-24-16(10-21(28)26(14)22)11-30-19-5-3-2-4-18(19)25-20(27)12-29-17-8-6-15(23)7-9-17/h2-10,13H,11-12H2,1H3,(H,25,27). The van der Waals surface area contributed by atoms with E-state index in [-0.39, 0.29) is 24.6 Å². The molecule has 0 fully saturated rings. The van der Waals surface area contributed by atoms with E-state index in [0.717, 1.165) is 5.69 Å². The molecule has 2 aromatic heterocycles. The predicted octanol–water partition coefficient (Wildman–Crippen LogP) is 3.80. The van der Waals surface area contributed by atoms with Crippen molar-refractivity contribution in [2.75, 3.05) is 11.9 Å². The van der Waals surface area contributed by atoms with E-state index in [0.29, 0.717) is 27.8 Å². The van der Waals surface area contributed by atoms with Crippen LogP contribution in [-0.2, 0) is 11.4 Å². The number of thiazole rings is 1. The Morgan fingerprint density at radius 2 is 1.94 bits per heavy atom. The quantitative estimate of drug-likeness (QED) is 0.474. The number of aromatic nitrogens is 2. The number of anilines is 1. The van der Waals surface area contributed by atoms with Gasteiger partial charge in [-0.3, -0.25) is 14.0 Å². The maximum absolute atomic E-state index is 12.9. The lowest BCUT2D eigenvalue weighted by atomic mass is 10.3. The second kappa shape index (κ2) is 8.97. The molecule has 0 spiro atoms. The summed E-state index contributed by atoms with van der Waals surface area (Å²) in [5.74, 6) is 0.0419. The second-order valence-corrected chi connectivity index (χ2v) is 7.49. The molecule has 0 aliphatic heterocycles. The van der Waals surface area contributed by atoms with E-state index in [1.807, 2.05) is 12.3 Å². The summed E-state index contributed by atoms with van der Waals surface area (Å²) in [6, 6.07) is 13.8. The van der Waals surface area contributed by atoms with Crippen molar-refractivity contribution in [3.63, 3.8) is 0 Å². The molecule has 0 aliphatic carbocycles. The molecule has 9 heteroatoms. The van der Waals surface area contributed by atoms with Crippen LogP contribution >= 0.6 is 11.3 Å². The normalized spacial score (nSPS) is 10.8. The Balaban J connectivity index is 1.40. The lowest BCUT2D eigenvalue weighted by Gasteiger charge is -2.13. The van der Waals surface area contributed by atoms with Gasteiger partial charge in [-0.2, -0.15) is 0 Å². The Labute approximate surface area is 180 Å². The van der Waals surface area contributed by atoms with Crippen molar-refractivity contribution in [1.82, 2.24) is 9.38 Å². The van der Waals surface area contributed by atoms with Gasteiger partial charge in [-0.25, -0.2) is 9.37 Å². The van der Waals surface area contributed by atoms with E-state index in [4.69, 9.17) is 9.47 Å². The number of hydrogen-bond donors (Lipinski definition) is 1. The van der Waals surface area contributed by atoms with Gasteiger partial charge in [0, 0.05) is 17.1 Å². The molecule has 4 rings (SSSR count). The van der Waals surface area contributed by atoms with Crippen molar-refractivity contribution in [1.29, 1.82) is 0 Å². The number of amides is 1. The predicted molar refractivity (Wildman–Crippen MR) is 115 cm³/mol. The number of benzene rings is 2. The fraction of sp³-hybridized carbons (Fsp3) is 0.136. The molecule has 2 heterocycles. The van der Waals surface area contributed by atoms with Crippen LogP contribution in [0.15, 0.2) is 64.8 Å². The van der Waals surface area contributed by atoms with Gasteiger partial charge in [0.15, 0.2) is 11.6 Å². The first-order chi connectivity index (χ1) is 15.0. The van der Waals surface area contributed by atoms with Gasteiger partial charge in [-0.15, -0.1) is 11.3 Å². The van der Waals surface area contributed by atoms with E-state index < -0.39 is 5.91 Å². The minimum Gasteiger partial charge on any atom is -0.485 e. The number of carbonyl (C=O) groups is 1. The number of para-hydroxylation sites is 2. The van der Waals surface area contributed by atoms with Crippen molar-refractivity contribution in [3.05, 3.63) is 87.5 Å². The van der Waals surface area contributed by atoms with Crippen LogP contribution in [0.4, 0.5) is 10.1 Å². The van der Waals surface area contributed by atoms with Crippen LogP contribution in [0.3, 0.4) is 0 Å². The molecule has 31 heavy (non-hydrogen) atoms. The molecule has 0 unspecified atom stereocenters. The highest BCUT2D eigenvalue weighted by molar-refractivity contribution is 7.15. The molecule has 2 aromatic carbocycles. The van der Waals surface area contributed by atoms with E-state index in [1.165, 1.54) is 41.7 Å². The highest BCUT2D eigenvalue weighted by Crippen LogP contribution is 2.25. The Kier molecular flexibility index (Phi) is 5.94. The van der Waals surface area contributed by atoms with Gasteiger partial charge in [0.2, 0.25) is 0 Å². The molecule has 0 saturated carbocycles. The Morgan fingerprint density at radius 3 is 2.74 bits per heavy atom. The van der Waals surface area contributed by atoms with Crippen LogP contribution in [-0.4, -0.2) is 21.9 Å². The number of fused-ring (bicyclic) bond motifs is 1. The fourth-order valence-corrected chi connectivity index (χ4v) is 3.78. The third-order valence-electron chi connectivity index (χ3n) is 4.35. The van der Waals surface area contributed by atoms with Gasteiger partial charge >= 0.3 is 0 Å². The summed E-state index contributed by atoms with van der Waals surface area (Å²) in [7, 11) is 0. The minimum atomic E-state index is -0.396. The summed E-state index contributed by atoms with van der Waals surface area (Å²) < 4.78 is 25.6. The number of aryl methyl sites for hydroxylation is 1. The summed E-state index contributed by atoms with van der Waals surface area (Å²) in [6.45, 7) is 1.68. The lowest BCUT2D eigenvalue weighted by molar-refractivity contribution is -0.118. The molecule has 4 aromatic rings. The molecule has 0 aliphatic rings. The third-order valence-corrected chi connectivity index (χ3v) is 5.29. The molecule has 0 saturated heterocycles. The maximum Gasteiger partial charge on any atom is 0.262 e. The molecule has 0 atom stereocenters. The number of halogens is 1. The average Bonchev–Trinajstić information content (AvgIpc) is 3.14. The first-order valence-electron chi connectivity index (χ1n) is 9.36. The fourth-order valence-electron chi connectivity index (χ4n) is 2.89. The molecular formula is C22H18FN3O4S. The zero-order chi connectivity index (χ0) is 21.8. The summed E-state index contributed by atoms with van der Waals surface area (Å²) >= 11 is 1.38. The first-order valence-corrected chi connectivity index (χ1v) is 10.2. The SMILES string of the molecule is Cc1csc2nc(COc3ccccc3NC(=O)COc3ccc(F)cc3)cc(=O)n12. The smallest absolute Gasteiger partial charge is 0.262 e. The van der Waals surface area contributed by atoms with Crippen LogP contribution in [0.5, 0.6) is 11.5 Å². The van der Waals surface area contributed by atoms with Crippen LogP contribution in [0.2, 0.25) is 0 Å². The number of rotatable bonds is 7. The van der Waals surface area contributed by atoms with Crippen LogP contribution in [0, 0.1) is 12.7 Å². The minimum absolute atomic E-state index is 0.0711. The summed E-state index contributed by atoms with van der Waals surface area (Å²) in [6.07, 6.45) is 0.